The van der Waals surface area contributed by atoms with Crippen molar-refractivity contribution in [3.63, 3.8) is 0 Å². The van der Waals surface area contributed by atoms with Gasteiger partial charge >= 0.3 is 0 Å². The summed E-state index contributed by atoms with van der Waals surface area (Å²) in [5, 5.41) is 2.01. The Bertz CT molecular complexity index is 381. The molecule has 0 bridgehead atoms. The third-order valence-corrected chi connectivity index (χ3v) is 2.51. The molecule has 2 N–H and O–H groups in total. The predicted octanol–water partition coefficient (Wildman–Crippen LogP) is 0.794. The minimum Gasteiger partial charge on any atom is -0.282 e. The van der Waals surface area contributed by atoms with Crippen molar-refractivity contribution in [2.75, 3.05) is 6.54 Å². The number of hydrogen-bond acceptors (Lipinski definition) is 4. The van der Waals surface area contributed by atoms with Crippen LogP contribution in [0.15, 0.2) is 28.6 Å². The highest BCUT2D eigenvalue weighted by Gasteiger charge is 2.06. The molecule has 0 aromatic carbocycles. The molecule has 1 aromatic rings. The molecule has 1 aromatic heterocycles. The van der Waals surface area contributed by atoms with Crippen LogP contribution in [-0.2, 0) is 4.79 Å². The zero-order valence-electron chi connectivity index (χ0n) is 7.36. The van der Waals surface area contributed by atoms with Crippen molar-refractivity contribution in [2.45, 2.75) is 0 Å². The van der Waals surface area contributed by atoms with Crippen LogP contribution >= 0.6 is 11.3 Å². The lowest BCUT2D eigenvalue weighted by Gasteiger charge is -2.11. The van der Waals surface area contributed by atoms with E-state index in [-0.39, 0.29) is 12.5 Å². The Morgan fingerprint density at radius 2 is 2.36 bits per heavy atom. The van der Waals surface area contributed by atoms with E-state index in [4.69, 9.17) is 0 Å². The van der Waals surface area contributed by atoms with Crippen molar-refractivity contribution >= 4 is 29.2 Å². The minimum atomic E-state index is -0.113. The molecule has 0 fully saturated rings. The summed E-state index contributed by atoms with van der Waals surface area (Å²) in [4.78, 5) is 15.9. The number of nitrogens with zero attached hydrogens (tertiary/aromatic N) is 1. The summed E-state index contributed by atoms with van der Waals surface area (Å²) in [7, 11) is 0. The van der Waals surface area contributed by atoms with Gasteiger partial charge < -0.3 is 0 Å². The Balaban J connectivity index is 2.01. The molecule has 0 unspecified atom stereocenters. The Morgan fingerprint density at radius 1 is 1.43 bits per heavy atom. The van der Waals surface area contributed by atoms with Gasteiger partial charge in [0.15, 0.2) is 0 Å². The fourth-order valence-electron chi connectivity index (χ4n) is 1.01. The molecule has 2 rings (SSSR count). The van der Waals surface area contributed by atoms with E-state index in [0.717, 1.165) is 4.88 Å². The van der Waals surface area contributed by atoms with E-state index in [1.165, 1.54) is 0 Å². The Labute approximate surface area is 85.3 Å². The lowest BCUT2D eigenvalue weighted by molar-refractivity contribution is -0.120. The fourth-order valence-corrected chi connectivity index (χ4v) is 1.63. The van der Waals surface area contributed by atoms with Gasteiger partial charge in [-0.2, -0.15) is 0 Å². The fraction of sp³-hybridized carbons (Fsp3) is 0.111. The van der Waals surface area contributed by atoms with Crippen LogP contribution in [0.3, 0.4) is 0 Å². The highest BCUT2D eigenvalue weighted by molar-refractivity contribution is 7.10. The van der Waals surface area contributed by atoms with Crippen LogP contribution in [0.25, 0.3) is 6.08 Å². The first-order chi connectivity index (χ1) is 6.84. The number of thiophene rings is 1. The van der Waals surface area contributed by atoms with Gasteiger partial charge in [0.1, 0.15) is 12.4 Å². The van der Waals surface area contributed by atoms with Gasteiger partial charge in [-0.15, -0.1) is 11.3 Å². The van der Waals surface area contributed by atoms with E-state index in [0.29, 0.717) is 5.84 Å². The number of carbonyl (C=O) groups is 1. The first-order valence-corrected chi connectivity index (χ1v) is 5.03. The molecule has 0 radical (unpaired) electrons. The highest BCUT2D eigenvalue weighted by Crippen LogP contribution is 2.09. The standard InChI is InChI=1S/C9H9N3OS/c13-9-6-10-8(11-12-9)4-3-7-2-1-5-14-7/h1-5H,6H2,(H,10,11)(H,12,13). The molecule has 0 spiro atoms. The summed E-state index contributed by atoms with van der Waals surface area (Å²) >= 11 is 1.66. The monoisotopic (exact) mass is 207 g/mol. The molecule has 0 saturated heterocycles. The second kappa shape index (κ2) is 4.06. The third-order valence-electron chi connectivity index (χ3n) is 1.67. The average Bonchev–Trinajstić information content (AvgIpc) is 2.70. The summed E-state index contributed by atoms with van der Waals surface area (Å²) in [5.41, 5.74) is 5.19. The van der Waals surface area contributed by atoms with Crippen LogP contribution in [0.1, 0.15) is 4.88 Å². The molecule has 0 aliphatic carbocycles. The van der Waals surface area contributed by atoms with Gasteiger partial charge in [0, 0.05) is 4.88 Å². The van der Waals surface area contributed by atoms with E-state index in [9.17, 15) is 4.79 Å². The average molecular weight is 207 g/mol. The third kappa shape index (κ3) is 2.20. The molecule has 5 heteroatoms. The van der Waals surface area contributed by atoms with E-state index in [1.807, 2.05) is 29.7 Å². The lowest BCUT2D eigenvalue weighted by atomic mass is 10.4. The summed E-state index contributed by atoms with van der Waals surface area (Å²) < 4.78 is 0. The van der Waals surface area contributed by atoms with Crippen molar-refractivity contribution in [2.24, 2.45) is 4.99 Å². The summed E-state index contributed by atoms with van der Waals surface area (Å²) in [5.74, 6) is 0.566. The van der Waals surface area contributed by atoms with Crippen LogP contribution in [-0.4, -0.2) is 18.3 Å². The second-order valence-corrected chi connectivity index (χ2v) is 3.70. The Kier molecular flexibility index (Phi) is 2.60. The molecule has 72 valence electrons. The first kappa shape index (κ1) is 8.96. The molecule has 4 nitrogen and oxygen atoms in total. The van der Waals surface area contributed by atoms with Crippen LogP contribution in [0, 0.1) is 0 Å². The smallest absolute Gasteiger partial charge is 0.260 e. The van der Waals surface area contributed by atoms with E-state index in [1.54, 1.807) is 11.3 Å². The number of hydrogen-bond donors (Lipinski definition) is 2. The van der Waals surface area contributed by atoms with Gasteiger partial charge in [-0.1, -0.05) is 6.07 Å². The normalized spacial score (nSPS) is 16.3. The van der Waals surface area contributed by atoms with Crippen molar-refractivity contribution < 1.29 is 4.79 Å². The van der Waals surface area contributed by atoms with Gasteiger partial charge in [0.05, 0.1) is 0 Å². The molecule has 1 aliphatic heterocycles. The first-order valence-electron chi connectivity index (χ1n) is 4.15. The quantitative estimate of drug-likeness (QED) is 0.753. The van der Waals surface area contributed by atoms with Gasteiger partial charge in [-0.3, -0.25) is 20.6 Å². The number of aliphatic imine (C=N–C) groups is 1. The summed E-state index contributed by atoms with van der Waals surface area (Å²) in [6.45, 7) is 0.192. The van der Waals surface area contributed by atoms with Crippen LogP contribution in [0.2, 0.25) is 0 Å². The number of rotatable bonds is 2. The summed E-state index contributed by atoms with van der Waals surface area (Å²) in [6, 6.07) is 4.01. The van der Waals surface area contributed by atoms with Crippen LogP contribution in [0.4, 0.5) is 0 Å². The van der Waals surface area contributed by atoms with Crippen molar-refractivity contribution in [1.82, 2.24) is 10.9 Å². The highest BCUT2D eigenvalue weighted by atomic mass is 32.1. The number of hydrazine groups is 1. The zero-order valence-corrected chi connectivity index (χ0v) is 8.17. The maximum absolute atomic E-state index is 10.7. The molecular formula is C9H9N3OS. The van der Waals surface area contributed by atoms with Gasteiger partial charge in [0.25, 0.3) is 5.91 Å². The minimum absolute atomic E-state index is 0.113. The van der Waals surface area contributed by atoms with Crippen molar-refractivity contribution in [3.05, 3.63) is 28.5 Å². The topological polar surface area (TPSA) is 53.5 Å². The molecule has 0 atom stereocenters. The molecule has 0 saturated carbocycles. The van der Waals surface area contributed by atoms with Gasteiger partial charge in [0.2, 0.25) is 0 Å². The number of amides is 1. The van der Waals surface area contributed by atoms with E-state index < -0.39 is 0 Å². The summed E-state index contributed by atoms with van der Waals surface area (Å²) in [6.07, 6.45) is 3.79. The Morgan fingerprint density at radius 3 is 3.00 bits per heavy atom. The lowest BCUT2D eigenvalue weighted by Crippen LogP contribution is -2.46. The maximum Gasteiger partial charge on any atom is 0.260 e. The molecule has 2 heterocycles. The van der Waals surface area contributed by atoms with E-state index >= 15 is 0 Å². The van der Waals surface area contributed by atoms with Crippen molar-refractivity contribution in [1.29, 1.82) is 0 Å². The number of nitrogens with one attached hydrogen (secondary N) is 2. The molecule has 1 amide bonds. The van der Waals surface area contributed by atoms with Crippen molar-refractivity contribution in [3.8, 4) is 0 Å². The van der Waals surface area contributed by atoms with Crippen LogP contribution in [0.5, 0.6) is 0 Å². The SMILES string of the molecule is O=C1CN=C(C=Cc2cccs2)NN1. The Hall–Kier alpha value is -1.62. The largest absolute Gasteiger partial charge is 0.282 e. The number of carbonyl (C=O) groups excluding carboxylic acids is 1. The maximum atomic E-state index is 10.7. The molecular weight excluding hydrogens is 198 g/mol. The zero-order chi connectivity index (χ0) is 9.80. The van der Waals surface area contributed by atoms with Crippen LogP contribution < -0.4 is 10.9 Å². The molecule has 1 aliphatic rings. The number of amidine groups is 1. The predicted molar refractivity (Wildman–Crippen MR) is 56.9 cm³/mol. The second-order valence-electron chi connectivity index (χ2n) is 2.72. The molecule has 14 heavy (non-hydrogen) atoms. The van der Waals surface area contributed by atoms with Gasteiger partial charge in [-0.05, 0) is 23.6 Å². The van der Waals surface area contributed by atoms with Gasteiger partial charge in [-0.25, -0.2) is 0 Å². The van der Waals surface area contributed by atoms with E-state index in [2.05, 4.69) is 15.8 Å².